The molecule has 6 saturated carbocycles. The number of esters is 1. The first-order valence-corrected chi connectivity index (χ1v) is 20.3. The van der Waals surface area contributed by atoms with Gasteiger partial charge in [0.25, 0.3) is 0 Å². The zero-order valence-corrected chi connectivity index (χ0v) is 29.4. The second-order valence-corrected chi connectivity index (χ2v) is 17.2. The van der Waals surface area contributed by atoms with E-state index in [2.05, 4.69) is 0 Å². The van der Waals surface area contributed by atoms with Gasteiger partial charge in [0.15, 0.2) is 0 Å². The number of ether oxygens (including phenoxy) is 1. The van der Waals surface area contributed by atoms with Gasteiger partial charge in [-0.3, -0.25) is 14.4 Å². The van der Waals surface area contributed by atoms with Gasteiger partial charge in [-0.25, -0.2) is 9.78 Å². The number of carboxylic acid groups (broad SMARTS) is 2. The molecule has 0 aromatic rings. The van der Waals surface area contributed by atoms with Gasteiger partial charge in [-0.15, -0.1) is 0 Å². The van der Waals surface area contributed by atoms with Crippen LogP contribution in [0.15, 0.2) is 0 Å². The molecule has 0 heterocycles. The number of carboxylic acids is 2. The standard InChI is InChI=1S/C40H64O8/c41-38(42)31-17-15-28(21-26-9-3-1-4-10-26)23-30(31)25-46-48-37-20-19-36(32-13-7-8-14-33(32)37)47-40(45)35-24-29(16-18-34(35)39(43)44)22-27-11-5-2-6-12-27/h26-37H,1-25H2,(H,41,42)(H,43,44). The molecule has 8 nitrogen and oxygen atoms in total. The molecular formula is C40H64O8. The van der Waals surface area contributed by atoms with Crippen LogP contribution in [0.4, 0.5) is 0 Å². The van der Waals surface area contributed by atoms with Crippen LogP contribution in [0.5, 0.6) is 0 Å². The van der Waals surface area contributed by atoms with Crippen molar-refractivity contribution in [2.45, 2.75) is 166 Å². The van der Waals surface area contributed by atoms with Gasteiger partial charge in [0.2, 0.25) is 0 Å². The van der Waals surface area contributed by atoms with Gasteiger partial charge in [0.1, 0.15) is 6.10 Å². The lowest BCUT2D eigenvalue weighted by Gasteiger charge is -2.45. The summed E-state index contributed by atoms with van der Waals surface area (Å²) in [5, 5.41) is 20.0. The van der Waals surface area contributed by atoms with Crippen LogP contribution < -0.4 is 0 Å². The van der Waals surface area contributed by atoms with Crippen molar-refractivity contribution in [3.05, 3.63) is 0 Å². The van der Waals surface area contributed by atoms with Crippen molar-refractivity contribution in [2.75, 3.05) is 6.61 Å². The van der Waals surface area contributed by atoms with E-state index < -0.39 is 23.8 Å². The maximum absolute atomic E-state index is 13.8. The molecule has 6 rings (SSSR count). The fourth-order valence-corrected chi connectivity index (χ4v) is 11.5. The summed E-state index contributed by atoms with van der Waals surface area (Å²) in [5.41, 5.74) is 0. The average Bonchev–Trinajstić information content (AvgIpc) is 3.10. The van der Waals surface area contributed by atoms with Gasteiger partial charge in [-0.05, 0) is 113 Å². The van der Waals surface area contributed by atoms with Crippen molar-refractivity contribution in [1.29, 1.82) is 0 Å². The molecule has 8 heteroatoms. The molecular weight excluding hydrogens is 608 g/mol. The number of rotatable bonds is 12. The number of fused-ring (bicyclic) bond motifs is 1. The minimum Gasteiger partial charge on any atom is -0.481 e. The Hall–Kier alpha value is -1.67. The molecule has 10 unspecified atom stereocenters. The van der Waals surface area contributed by atoms with E-state index in [0.29, 0.717) is 37.7 Å². The zero-order chi connectivity index (χ0) is 33.5. The molecule has 10 atom stereocenters. The molecule has 0 bridgehead atoms. The fraction of sp³-hybridized carbons (Fsp3) is 0.925. The third-order valence-electron chi connectivity index (χ3n) is 14.1. The number of carbonyl (C=O) groups is 3. The van der Waals surface area contributed by atoms with Crippen LogP contribution in [0.25, 0.3) is 0 Å². The average molecular weight is 673 g/mol. The molecule has 2 N–H and O–H groups in total. The molecule has 0 spiro atoms. The van der Waals surface area contributed by atoms with Crippen LogP contribution in [0.1, 0.15) is 154 Å². The summed E-state index contributed by atoms with van der Waals surface area (Å²) in [6.07, 6.45) is 25.6. The number of aliphatic carboxylic acids is 2. The lowest BCUT2D eigenvalue weighted by molar-refractivity contribution is -0.352. The quantitative estimate of drug-likeness (QED) is 0.120. The first-order chi connectivity index (χ1) is 23.4. The Kier molecular flexibility index (Phi) is 13.2. The second kappa shape index (κ2) is 17.5. The van der Waals surface area contributed by atoms with Crippen molar-refractivity contribution in [3.8, 4) is 0 Å². The molecule has 0 aromatic heterocycles. The van der Waals surface area contributed by atoms with Crippen molar-refractivity contribution >= 4 is 17.9 Å². The van der Waals surface area contributed by atoms with E-state index in [1.807, 2.05) is 0 Å². The van der Waals surface area contributed by atoms with Crippen LogP contribution in [0.3, 0.4) is 0 Å². The van der Waals surface area contributed by atoms with Crippen molar-refractivity contribution in [3.63, 3.8) is 0 Å². The van der Waals surface area contributed by atoms with Gasteiger partial charge >= 0.3 is 17.9 Å². The molecule has 6 fully saturated rings. The molecule has 0 amide bonds. The van der Waals surface area contributed by atoms with Crippen LogP contribution in [0.2, 0.25) is 0 Å². The van der Waals surface area contributed by atoms with E-state index in [0.717, 1.165) is 76.0 Å². The predicted molar refractivity (Wildman–Crippen MR) is 182 cm³/mol. The largest absolute Gasteiger partial charge is 0.481 e. The lowest BCUT2D eigenvalue weighted by atomic mass is 9.67. The summed E-state index contributed by atoms with van der Waals surface area (Å²) in [6.45, 7) is 0.324. The second-order valence-electron chi connectivity index (χ2n) is 17.2. The number of carbonyl (C=O) groups excluding carboxylic acids is 1. The Balaban J connectivity index is 1.01. The third-order valence-corrected chi connectivity index (χ3v) is 14.1. The van der Waals surface area contributed by atoms with Gasteiger partial charge in [0.05, 0.1) is 30.5 Å². The summed E-state index contributed by atoms with van der Waals surface area (Å²) >= 11 is 0. The summed E-state index contributed by atoms with van der Waals surface area (Å²) in [7, 11) is 0. The third kappa shape index (κ3) is 9.35. The van der Waals surface area contributed by atoms with Crippen molar-refractivity contribution in [2.24, 2.45) is 59.2 Å². The summed E-state index contributed by atoms with van der Waals surface area (Å²) in [5.74, 6) is -0.521. The highest BCUT2D eigenvalue weighted by molar-refractivity contribution is 5.81. The zero-order valence-electron chi connectivity index (χ0n) is 29.4. The predicted octanol–water partition coefficient (Wildman–Crippen LogP) is 8.99. The molecule has 0 saturated heterocycles. The van der Waals surface area contributed by atoms with E-state index in [-0.39, 0.29) is 41.8 Å². The molecule has 6 aliphatic rings. The Morgan fingerprint density at radius 1 is 0.500 bits per heavy atom. The Morgan fingerprint density at radius 2 is 1.02 bits per heavy atom. The van der Waals surface area contributed by atoms with Crippen LogP contribution in [0, 0.1) is 59.2 Å². The van der Waals surface area contributed by atoms with E-state index in [4.69, 9.17) is 14.5 Å². The number of hydrogen-bond donors (Lipinski definition) is 2. The first-order valence-electron chi connectivity index (χ1n) is 20.3. The van der Waals surface area contributed by atoms with Gasteiger partial charge in [0, 0.05) is 5.92 Å². The number of hydrogen-bond acceptors (Lipinski definition) is 6. The maximum atomic E-state index is 13.8. The van der Waals surface area contributed by atoms with Crippen LogP contribution in [-0.2, 0) is 28.9 Å². The molecule has 0 radical (unpaired) electrons. The summed E-state index contributed by atoms with van der Waals surface area (Å²) in [6, 6.07) is 0. The molecule has 48 heavy (non-hydrogen) atoms. The smallest absolute Gasteiger partial charge is 0.310 e. The van der Waals surface area contributed by atoms with E-state index in [1.165, 1.54) is 70.6 Å². The maximum Gasteiger partial charge on any atom is 0.310 e. The normalized spacial score (nSPS) is 38.5. The highest BCUT2D eigenvalue weighted by atomic mass is 17.2. The Bertz CT molecular complexity index is 1050. The molecule has 0 aromatic carbocycles. The minimum atomic E-state index is -0.860. The highest BCUT2D eigenvalue weighted by Gasteiger charge is 2.47. The van der Waals surface area contributed by atoms with E-state index in [9.17, 15) is 24.6 Å². The molecule has 272 valence electrons. The minimum absolute atomic E-state index is 0.0242. The SMILES string of the molecule is O=C(O)C1CCC(CC2CCCCC2)CC1COOC1CCC(OC(=O)C2CC(CC3CCCCC3)CCC2C(=O)O)C2CCCCC12. The molecule has 6 aliphatic carbocycles. The van der Waals surface area contributed by atoms with Gasteiger partial charge in [-0.1, -0.05) is 77.0 Å². The Labute approximate surface area is 288 Å². The van der Waals surface area contributed by atoms with E-state index in [1.54, 1.807) is 0 Å². The monoisotopic (exact) mass is 672 g/mol. The van der Waals surface area contributed by atoms with E-state index >= 15 is 0 Å². The molecule has 0 aliphatic heterocycles. The van der Waals surface area contributed by atoms with Crippen LogP contribution >= 0.6 is 0 Å². The van der Waals surface area contributed by atoms with Gasteiger partial charge < -0.3 is 14.9 Å². The fourth-order valence-electron chi connectivity index (χ4n) is 11.5. The first kappa shape index (κ1) is 36.1. The van der Waals surface area contributed by atoms with Crippen molar-refractivity contribution < 1.29 is 39.1 Å². The van der Waals surface area contributed by atoms with Gasteiger partial charge in [-0.2, -0.15) is 0 Å². The summed E-state index contributed by atoms with van der Waals surface area (Å²) < 4.78 is 6.32. The van der Waals surface area contributed by atoms with Crippen molar-refractivity contribution in [1.82, 2.24) is 0 Å². The highest BCUT2D eigenvalue weighted by Crippen LogP contribution is 2.46. The summed E-state index contributed by atoms with van der Waals surface area (Å²) in [4.78, 5) is 50.3. The van der Waals surface area contributed by atoms with Crippen LogP contribution in [-0.4, -0.2) is 46.9 Å². The Morgan fingerprint density at radius 3 is 1.62 bits per heavy atom. The lowest BCUT2D eigenvalue weighted by Crippen LogP contribution is -2.47. The topological polar surface area (TPSA) is 119 Å².